The summed E-state index contributed by atoms with van der Waals surface area (Å²) in [6, 6.07) is 1.58. The summed E-state index contributed by atoms with van der Waals surface area (Å²) in [6.45, 7) is 0. The molecule has 19 heavy (non-hydrogen) atoms. The first-order chi connectivity index (χ1) is 8.54. The fraction of sp³-hybridized carbons (Fsp3) is 0.333. The van der Waals surface area contributed by atoms with E-state index in [1.54, 1.807) is 0 Å². The van der Waals surface area contributed by atoms with E-state index in [0.29, 0.717) is 0 Å². The highest BCUT2D eigenvalue weighted by atomic mass is 35.5. The highest BCUT2D eigenvalue weighted by Gasteiger charge is 2.41. The molecule has 0 saturated heterocycles. The zero-order valence-corrected chi connectivity index (χ0v) is 9.49. The van der Waals surface area contributed by atoms with Crippen molar-refractivity contribution in [2.45, 2.75) is 19.0 Å². The molecule has 0 radical (unpaired) electrons. The molecule has 1 aromatic heterocycles. The second-order valence-corrected chi connectivity index (χ2v) is 3.54. The van der Waals surface area contributed by atoms with E-state index in [9.17, 15) is 26.3 Å². The molecule has 0 N–H and O–H groups in total. The van der Waals surface area contributed by atoms with Gasteiger partial charge in [0.1, 0.15) is 10.7 Å². The van der Waals surface area contributed by atoms with Gasteiger partial charge in [0.25, 0.3) is 0 Å². The van der Waals surface area contributed by atoms with Gasteiger partial charge >= 0.3 is 12.5 Å². The van der Waals surface area contributed by atoms with Crippen molar-refractivity contribution in [3.63, 3.8) is 0 Å². The number of aromatic nitrogens is 1. The van der Waals surface area contributed by atoms with E-state index in [0.717, 1.165) is 0 Å². The van der Waals surface area contributed by atoms with E-state index in [4.69, 9.17) is 16.9 Å². The average molecular weight is 305 g/mol. The van der Waals surface area contributed by atoms with Gasteiger partial charge in [-0.05, 0) is 6.07 Å². The zero-order chi connectivity index (χ0) is 14.8. The van der Waals surface area contributed by atoms with Crippen LogP contribution in [0.1, 0.15) is 11.3 Å². The third-order valence-electron chi connectivity index (χ3n) is 1.78. The molecule has 1 aromatic rings. The molecule has 1 heterocycles. The second kappa shape index (κ2) is 5.13. The first-order valence-electron chi connectivity index (χ1n) is 4.44. The van der Waals surface area contributed by atoms with Crippen molar-refractivity contribution in [2.24, 2.45) is 0 Å². The summed E-state index contributed by atoms with van der Waals surface area (Å²) >= 11 is 5.28. The number of rotatable bonds is 2. The lowest BCUT2D eigenvalue weighted by molar-refractivity contribution is -0.276. The van der Waals surface area contributed by atoms with Gasteiger partial charge in [0.05, 0.1) is 18.2 Å². The number of pyridine rings is 1. The lowest BCUT2D eigenvalue weighted by Crippen LogP contribution is -2.22. The molecule has 0 aliphatic heterocycles. The lowest BCUT2D eigenvalue weighted by atomic mass is 10.1. The van der Waals surface area contributed by atoms with Crippen LogP contribution in [0.15, 0.2) is 6.07 Å². The second-order valence-electron chi connectivity index (χ2n) is 3.15. The molecule has 0 aromatic carbocycles. The van der Waals surface area contributed by atoms with Gasteiger partial charge in [-0.25, -0.2) is 4.98 Å². The van der Waals surface area contributed by atoms with Gasteiger partial charge in [0.2, 0.25) is 0 Å². The van der Waals surface area contributed by atoms with Crippen molar-refractivity contribution >= 4 is 11.6 Å². The minimum atomic E-state index is -5.35. The number of nitriles is 1. The maximum absolute atomic E-state index is 12.6. The summed E-state index contributed by atoms with van der Waals surface area (Å²) in [5.41, 5.74) is -2.57. The Morgan fingerprint density at radius 3 is 2.26 bits per heavy atom. The van der Waals surface area contributed by atoms with Gasteiger partial charge in [0.15, 0.2) is 5.75 Å². The minimum Gasteiger partial charge on any atom is -0.403 e. The van der Waals surface area contributed by atoms with Gasteiger partial charge < -0.3 is 4.74 Å². The van der Waals surface area contributed by atoms with Crippen LogP contribution >= 0.6 is 11.6 Å². The fourth-order valence-corrected chi connectivity index (χ4v) is 1.40. The molecular formula is C9H3ClF6N2O. The van der Waals surface area contributed by atoms with Crippen molar-refractivity contribution in [1.29, 1.82) is 5.26 Å². The van der Waals surface area contributed by atoms with Crippen LogP contribution in [0.3, 0.4) is 0 Å². The van der Waals surface area contributed by atoms with E-state index < -0.39 is 41.1 Å². The first-order valence-corrected chi connectivity index (χ1v) is 4.81. The Hall–Kier alpha value is -1.69. The van der Waals surface area contributed by atoms with Crippen LogP contribution in [0, 0.1) is 11.3 Å². The Kier molecular flexibility index (Phi) is 4.15. The fourth-order valence-electron chi connectivity index (χ4n) is 1.19. The SMILES string of the molecule is N#CCc1nc(Cl)cc(C(F)(F)F)c1OC(F)(F)F. The molecule has 104 valence electrons. The van der Waals surface area contributed by atoms with Gasteiger partial charge in [-0.15, -0.1) is 13.2 Å². The van der Waals surface area contributed by atoms with E-state index in [2.05, 4.69) is 9.72 Å². The van der Waals surface area contributed by atoms with Crippen LogP contribution < -0.4 is 4.74 Å². The highest BCUT2D eigenvalue weighted by Crippen LogP contribution is 2.41. The van der Waals surface area contributed by atoms with Crippen molar-refractivity contribution < 1.29 is 31.1 Å². The normalized spacial score (nSPS) is 12.1. The van der Waals surface area contributed by atoms with Crippen LogP contribution in [-0.2, 0) is 12.6 Å². The molecule has 0 amide bonds. The summed E-state index contributed by atoms with van der Waals surface area (Å²) in [5.74, 6) is -1.56. The quantitative estimate of drug-likeness (QED) is 0.618. The van der Waals surface area contributed by atoms with E-state index in [1.807, 2.05) is 0 Å². The zero-order valence-electron chi connectivity index (χ0n) is 8.73. The molecule has 0 atom stereocenters. The smallest absolute Gasteiger partial charge is 0.403 e. The third kappa shape index (κ3) is 4.17. The summed E-state index contributed by atoms with van der Waals surface area (Å²) in [6.07, 6.45) is -11.3. The number of nitrogens with zero attached hydrogens (tertiary/aromatic N) is 2. The average Bonchev–Trinajstić information content (AvgIpc) is 2.18. The van der Waals surface area contributed by atoms with Crippen LogP contribution in [0.4, 0.5) is 26.3 Å². The van der Waals surface area contributed by atoms with Crippen molar-refractivity contribution in [1.82, 2.24) is 4.98 Å². The van der Waals surface area contributed by atoms with Crippen molar-refractivity contribution in [2.75, 3.05) is 0 Å². The Morgan fingerprint density at radius 1 is 1.26 bits per heavy atom. The van der Waals surface area contributed by atoms with Gasteiger partial charge in [-0.1, -0.05) is 11.6 Å². The van der Waals surface area contributed by atoms with Crippen LogP contribution in [0.5, 0.6) is 5.75 Å². The molecule has 3 nitrogen and oxygen atoms in total. The van der Waals surface area contributed by atoms with Gasteiger partial charge in [-0.3, -0.25) is 0 Å². The van der Waals surface area contributed by atoms with Crippen LogP contribution in [-0.4, -0.2) is 11.3 Å². The van der Waals surface area contributed by atoms with Gasteiger partial charge in [-0.2, -0.15) is 18.4 Å². The highest BCUT2D eigenvalue weighted by molar-refractivity contribution is 6.29. The molecule has 0 aliphatic rings. The molecule has 0 unspecified atom stereocenters. The maximum Gasteiger partial charge on any atom is 0.573 e. The number of hydrogen-bond donors (Lipinski definition) is 0. The van der Waals surface area contributed by atoms with Crippen molar-refractivity contribution in [3.05, 3.63) is 22.5 Å². The number of ether oxygens (including phenoxy) is 1. The topological polar surface area (TPSA) is 45.9 Å². The number of alkyl halides is 6. The van der Waals surface area contributed by atoms with Crippen LogP contribution in [0.25, 0.3) is 0 Å². The van der Waals surface area contributed by atoms with Gasteiger partial charge in [0, 0.05) is 0 Å². The Morgan fingerprint density at radius 2 is 1.84 bits per heavy atom. The van der Waals surface area contributed by atoms with E-state index >= 15 is 0 Å². The Balaban J connectivity index is 3.48. The number of halogens is 7. The van der Waals surface area contributed by atoms with Crippen molar-refractivity contribution in [3.8, 4) is 11.8 Å². The maximum atomic E-state index is 12.6. The molecule has 0 spiro atoms. The third-order valence-corrected chi connectivity index (χ3v) is 1.98. The monoisotopic (exact) mass is 304 g/mol. The molecule has 0 fully saturated rings. The lowest BCUT2D eigenvalue weighted by Gasteiger charge is -2.17. The predicted molar refractivity (Wildman–Crippen MR) is 50.2 cm³/mol. The summed E-state index contributed by atoms with van der Waals surface area (Å²) in [4.78, 5) is 3.24. The van der Waals surface area contributed by atoms with E-state index in [-0.39, 0.29) is 6.07 Å². The Bertz CT molecular complexity index is 519. The molecule has 0 aliphatic carbocycles. The van der Waals surface area contributed by atoms with E-state index in [1.165, 1.54) is 6.07 Å². The standard InChI is InChI=1S/C9H3ClF6N2O/c10-6-3-4(8(11,12)13)7(19-9(14,15)16)5(18-6)1-2-17/h3H,1H2. The molecular weight excluding hydrogens is 302 g/mol. The summed E-state index contributed by atoms with van der Waals surface area (Å²) in [7, 11) is 0. The minimum absolute atomic E-state index is 0.198. The summed E-state index contributed by atoms with van der Waals surface area (Å²) in [5, 5.41) is 7.69. The Labute approximate surface area is 107 Å². The van der Waals surface area contributed by atoms with Crippen LogP contribution in [0.2, 0.25) is 5.15 Å². The predicted octanol–water partition coefficient (Wildman–Crippen LogP) is 3.72. The number of hydrogen-bond acceptors (Lipinski definition) is 3. The molecule has 10 heteroatoms. The molecule has 0 bridgehead atoms. The molecule has 1 rings (SSSR count). The largest absolute Gasteiger partial charge is 0.573 e. The molecule has 0 saturated carbocycles. The first kappa shape index (κ1) is 15.4. The summed E-state index contributed by atoms with van der Waals surface area (Å²) < 4.78 is 77.4.